The highest BCUT2D eigenvalue weighted by Crippen LogP contribution is 2.26. The Bertz CT molecular complexity index is 782. The van der Waals surface area contributed by atoms with Crippen molar-refractivity contribution in [1.82, 2.24) is 5.43 Å². The van der Waals surface area contributed by atoms with Crippen LogP contribution >= 0.6 is 61.1 Å². The maximum absolute atomic E-state index is 12.1. The van der Waals surface area contributed by atoms with E-state index >= 15 is 0 Å². The molecule has 23 heavy (non-hydrogen) atoms. The number of nitrogens with one attached hydrogen (secondary N) is 1. The lowest BCUT2D eigenvalue weighted by atomic mass is 10.2. The van der Waals surface area contributed by atoms with Gasteiger partial charge in [-0.1, -0.05) is 0 Å². The molecule has 120 valence electrons. The molecule has 0 aliphatic rings. The van der Waals surface area contributed by atoms with Gasteiger partial charge in [0.25, 0.3) is 5.91 Å². The monoisotopic (exact) mass is 600 g/mol. The van der Waals surface area contributed by atoms with Gasteiger partial charge >= 0.3 is 0 Å². The molecule has 0 aromatic heterocycles. The van der Waals surface area contributed by atoms with Crippen LogP contribution in [0, 0.1) is 7.14 Å². The van der Waals surface area contributed by atoms with Crippen LogP contribution in [0.1, 0.15) is 15.9 Å². The third-order valence-corrected chi connectivity index (χ3v) is 4.91. The fraction of sp³-hybridized carbons (Fsp3) is 0.0667. The number of hydrogen-bond acceptors (Lipinski definition) is 4. The van der Waals surface area contributed by atoms with Gasteiger partial charge in [0, 0.05) is 14.7 Å². The van der Waals surface area contributed by atoms with Gasteiger partial charge < -0.3 is 9.84 Å². The number of ether oxygens (including phenoxy) is 1. The van der Waals surface area contributed by atoms with E-state index < -0.39 is 0 Å². The van der Waals surface area contributed by atoms with Crippen molar-refractivity contribution in [3.63, 3.8) is 0 Å². The number of carbonyl (C=O) groups is 1. The molecule has 0 saturated carbocycles. The fourth-order valence-corrected chi connectivity index (χ4v) is 4.15. The second kappa shape index (κ2) is 8.29. The smallest absolute Gasteiger partial charge is 0.271 e. The molecule has 0 radical (unpaired) electrons. The summed E-state index contributed by atoms with van der Waals surface area (Å²) in [5, 5.41) is 13.9. The first-order valence-electron chi connectivity index (χ1n) is 6.27. The molecule has 2 rings (SSSR count). The third kappa shape index (κ3) is 4.80. The molecular weight excluding hydrogens is 590 g/mol. The second-order valence-electron chi connectivity index (χ2n) is 4.37. The van der Waals surface area contributed by atoms with E-state index in [9.17, 15) is 9.90 Å². The van der Waals surface area contributed by atoms with E-state index in [4.69, 9.17) is 4.74 Å². The molecule has 0 fully saturated rings. The van der Waals surface area contributed by atoms with Crippen LogP contribution in [0.2, 0.25) is 0 Å². The number of aromatic hydroxyl groups is 1. The van der Waals surface area contributed by atoms with Gasteiger partial charge in [-0.25, -0.2) is 5.43 Å². The number of nitrogens with zero attached hydrogens (tertiary/aromatic N) is 1. The van der Waals surface area contributed by atoms with Gasteiger partial charge in [-0.3, -0.25) is 4.79 Å². The normalized spacial score (nSPS) is 10.8. The molecule has 0 heterocycles. The zero-order chi connectivity index (χ0) is 17.0. The highest BCUT2D eigenvalue weighted by atomic mass is 127. The number of benzene rings is 2. The summed E-state index contributed by atoms with van der Waals surface area (Å²) in [5.41, 5.74) is 3.41. The number of carbonyl (C=O) groups excluding carboxylic acids is 1. The number of methoxy groups -OCH3 is 1. The van der Waals surface area contributed by atoms with Crippen LogP contribution in [0.4, 0.5) is 0 Å². The molecule has 0 unspecified atom stereocenters. The van der Waals surface area contributed by atoms with Crippen LogP contribution in [-0.4, -0.2) is 24.3 Å². The molecule has 0 saturated heterocycles. The average Bonchev–Trinajstić information content (AvgIpc) is 2.51. The van der Waals surface area contributed by atoms with Crippen molar-refractivity contribution in [2.45, 2.75) is 0 Å². The van der Waals surface area contributed by atoms with Crippen LogP contribution in [0.5, 0.6) is 11.5 Å². The van der Waals surface area contributed by atoms with Crippen LogP contribution in [-0.2, 0) is 0 Å². The van der Waals surface area contributed by atoms with Crippen molar-refractivity contribution in [3.05, 3.63) is 53.1 Å². The molecule has 0 aliphatic heterocycles. The zero-order valence-electron chi connectivity index (χ0n) is 11.8. The molecular formula is C15H11BrI2N2O3. The van der Waals surface area contributed by atoms with Gasteiger partial charge in [-0.15, -0.1) is 0 Å². The van der Waals surface area contributed by atoms with Gasteiger partial charge in [0.15, 0.2) is 0 Å². The highest BCUT2D eigenvalue weighted by molar-refractivity contribution is 14.1. The molecule has 0 aliphatic carbocycles. The molecule has 2 aromatic carbocycles. The van der Waals surface area contributed by atoms with Crippen molar-refractivity contribution in [3.8, 4) is 11.5 Å². The van der Waals surface area contributed by atoms with Gasteiger partial charge in [0.1, 0.15) is 11.5 Å². The summed E-state index contributed by atoms with van der Waals surface area (Å²) in [7, 11) is 1.55. The van der Waals surface area contributed by atoms with E-state index in [1.807, 2.05) is 28.7 Å². The molecule has 5 nitrogen and oxygen atoms in total. The number of phenolic OH excluding ortho intramolecular Hbond substituents is 1. The first-order chi connectivity index (χ1) is 10.9. The summed E-state index contributed by atoms with van der Waals surface area (Å²) < 4.78 is 7.49. The summed E-state index contributed by atoms with van der Waals surface area (Å²) >= 11 is 7.52. The fourth-order valence-electron chi connectivity index (χ4n) is 1.72. The maximum Gasteiger partial charge on any atom is 0.271 e. The predicted octanol–water partition coefficient (Wildman–Crippen LogP) is 4.14. The van der Waals surface area contributed by atoms with Crippen molar-refractivity contribution in [1.29, 1.82) is 0 Å². The number of phenols is 1. The third-order valence-electron chi connectivity index (χ3n) is 2.84. The molecule has 0 bridgehead atoms. The number of hydrogen-bond donors (Lipinski definition) is 2. The van der Waals surface area contributed by atoms with Crippen LogP contribution in [0.25, 0.3) is 0 Å². The lowest BCUT2D eigenvalue weighted by Gasteiger charge is -2.05. The Morgan fingerprint density at radius 3 is 2.74 bits per heavy atom. The number of hydrazone groups is 1. The summed E-state index contributed by atoms with van der Waals surface area (Å²) in [6.45, 7) is 0. The van der Waals surface area contributed by atoms with Gasteiger partial charge in [-0.2, -0.15) is 5.10 Å². The summed E-state index contributed by atoms with van der Waals surface area (Å²) in [4.78, 5) is 12.1. The first kappa shape index (κ1) is 18.5. The minimum Gasteiger partial charge on any atom is -0.506 e. The Hall–Kier alpha value is -0.880. The van der Waals surface area contributed by atoms with Crippen molar-refractivity contribution in [2.75, 3.05) is 7.11 Å². The maximum atomic E-state index is 12.1. The quantitative estimate of drug-likeness (QED) is 0.315. The SMILES string of the molecule is COc1ccc(C(=O)NN=Cc2cc(I)cc(I)c2O)cc1Br. The standard InChI is InChI=1S/C15H11BrI2N2O3/c1-23-13-3-2-8(5-11(13)16)15(22)20-19-7-9-4-10(17)6-12(18)14(9)21/h2-7,21H,1H3,(H,20,22). The van der Waals surface area contributed by atoms with Gasteiger partial charge in [0.05, 0.1) is 21.4 Å². The number of halogens is 3. The highest BCUT2D eigenvalue weighted by Gasteiger charge is 2.09. The van der Waals surface area contributed by atoms with Crippen molar-refractivity contribution >= 4 is 73.2 Å². The first-order valence-corrected chi connectivity index (χ1v) is 9.22. The lowest BCUT2D eigenvalue weighted by molar-refractivity contribution is 0.0955. The van der Waals surface area contributed by atoms with Crippen LogP contribution in [0.3, 0.4) is 0 Å². The molecule has 2 N–H and O–H groups in total. The van der Waals surface area contributed by atoms with Crippen LogP contribution in [0.15, 0.2) is 39.9 Å². The number of amides is 1. The summed E-state index contributed by atoms with van der Waals surface area (Å²) in [5.74, 6) is 0.420. The van der Waals surface area contributed by atoms with E-state index in [0.29, 0.717) is 21.3 Å². The topological polar surface area (TPSA) is 70.9 Å². The van der Waals surface area contributed by atoms with E-state index in [-0.39, 0.29) is 11.7 Å². The van der Waals surface area contributed by atoms with E-state index in [1.165, 1.54) is 6.21 Å². The van der Waals surface area contributed by atoms with Crippen LogP contribution < -0.4 is 10.2 Å². The lowest BCUT2D eigenvalue weighted by Crippen LogP contribution is -2.17. The molecule has 0 spiro atoms. The van der Waals surface area contributed by atoms with Crippen molar-refractivity contribution < 1.29 is 14.6 Å². The Kier molecular flexibility index (Phi) is 6.65. The zero-order valence-corrected chi connectivity index (χ0v) is 17.7. The Labute approximate surface area is 168 Å². The Morgan fingerprint density at radius 2 is 2.09 bits per heavy atom. The Morgan fingerprint density at radius 1 is 1.35 bits per heavy atom. The average molecular weight is 601 g/mol. The van der Waals surface area contributed by atoms with Crippen molar-refractivity contribution in [2.24, 2.45) is 5.10 Å². The van der Waals surface area contributed by atoms with Gasteiger partial charge in [-0.05, 0) is 91.4 Å². The molecule has 0 atom stereocenters. The molecule has 2 aromatic rings. The largest absolute Gasteiger partial charge is 0.506 e. The Balaban J connectivity index is 2.11. The van der Waals surface area contributed by atoms with E-state index in [2.05, 4.69) is 49.0 Å². The molecule has 8 heteroatoms. The predicted molar refractivity (Wildman–Crippen MR) is 109 cm³/mol. The second-order valence-corrected chi connectivity index (χ2v) is 7.64. The van der Waals surface area contributed by atoms with E-state index in [0.717, 1.165) is 7.14 Å². The summed E-state index contributed by atoms with van der Waals surface area (Å²) in [6.07, 6.45) is 1.41. The number of rotatable bonds is 4. The summed E-state index contributed by atoms with van der Waals surface area (Å²) in [6, 6.07) is 8.60. The van der Waals surface area contributed by atoms with E-state index in [1.54, 1.807) is 31.4 Å². The van der Waals surface area contributed by atoms with Gasteiger partial charge in [0.2, 0.25) is 0 Å². The molecule has 1 amide bonds. The minimum absolute atomic E-state index is 0.135. The minimum atomic E-state index is -0.357.